The zero-order chi connectivity index (χ0) is 15.4. The van der Waals surface area contributed by atoms with Crippen LogP contribution in [0.25, 0.3) is 0 Å². The lowest BCUT2D eigenvalue weighted by atomic mass is 10.1. The van der Waals surface area contributed by atoms with Crippen LogP contribution in [0.4, 0.5) is 11.4 Å². The van der Waals surface area contributed by atoms with Crippen LogP contribution in [-0.4, -0.2) is 21.2 Å². The zero-order valence-electron chi connectivity index (χ0n) is 11.9. The first kappa shape index (κ1) is 14.5. The molecular formula is C14H15N5O2. The Morgan fingerprint density at radius 1 is 1.52 bits per heavy atom. The fourth-order valence-corrected chi connectivity index (χ4v) is 2.14. The molecule has 0 N–H and O–H groups in total. The van der Waals surface area contributed by atoms with Gasteiger partial charge in [-0.05, 0) is 13.0 Å². The van der Waals surface area contributed by atoms with E-state index in [0.717, 1.165) is 5.56 Å². The van der Waals surface area contributed by atoms with E-state index in [-0.39, 0.29) is 5.69 Å². The molecule has 0 aliphatic heterocycles. The highest BCUT2D eigenvalue weighted by Crippen LogP contribution is 2.26. The van der Waals surface area contributed by atoms with E-state index in [1.165, 1.54) is 12.1 Å². The Balaban J connectivity index is 2.33. The lowest BCUT2D eigenvalue weighted by molar-refractivity contribution is -0.384. The number of anilines is 1. The molecule has 21 heavy (non-hydrogen) atoms. The molecule has 2 aromatic rings. The van der Waals surface area contributed by atoms with Gasteiger partial charge in [0.25, 0.3) is 5.69 Å². The molecule has 0 saturated carbocycles. The molecule has 0 saturated heterocycles. The average Bonchev–Trinajstić information content (AvgIpc) is 2.89. The molecule has 0 aliphatic rings. The van der Waals surface area contributed by atoms with Crippen LogP contribution in [0.5, 0.6) is 0 Å². The molecule has 0 radical (unpaired) electrons. The summed E-state index contributed by atoms with van der Waals surface area (Å²) < 4.78 is 1.71. The number of nitro benzene ring substituents is 1. The highest BCUT2D eigenvalue weighted by molar-refractivity contribution is 5.63. The van der Waals surface area contributed by atoms with Crippen molar-refractivity contribution >= 4 is 11.4 Å². The van der Waals surface area contributed by atoms with Gasteiger partial charge in [0, 0.05) is 44.0 Å². The topological polar surface area (TPSA) is 88.0 Å². The third-order valence-electron chi connectivity index (χ3n) is 3.17. The molecule has 7 nitrogen and oxygen atoms in total. The second-order valence-electron chi connectivity index (χ2n) is 4.61. The lowest BCUT2D eigenvalue weighted by Gasteiger charge is -2.23. The van der Waals surface area contributed by atoms with Gasteiger partial charge in [0.05, 0.1) is 22.4 Å². The Kier molecular flexibility index (Phi) is 4.18. The van der Waals surface area contributed by atoms with Crippen molar-refractivity contribution in [1.29, 1.82) is 5.26 Å². The van der Waals surface area contributed by atoms with E-state index in [1.807, 2.05) is 31.1 Å². The van der Waals surface area contributed by atoms with Crippen molar-refractivity contribution in [2.24, 2.45) is 7.05 Å². The fourth-order valence-electron chi connectivity index (χ4n) is 2.14. The van der Waals surface area contributed by atoms with E-state index in [0.29, 0.717) is 24.3 Å². The van der Waals surface area contributed by atoms with E-state index in [9.17, 15) is 15.4 Å². The SMILES string of the molecule is CCN(Cc1cnn(C)c1)c1ccc([N+](=O)[O-])cc1C#N. The Hall–Kier alpha value is -2.88. The molecule has 2 rings (SSSR count). The summed E-state index contributed by atoms with van der Waals surface area (Å²) in [5, 5.41) is 24.1. The Bertz CT molecular complexity index is 702. The fraction of sp³-hybridized carbons (Fsp3) is 0.286. The average molecular weight is 285 g/mol. The number of aromatic nitrogens is 2. The second kappa shape index (κ2) is 6.05. The monoisotopic (exact) mass is 285 g/mol. The summed E-state index contributed by atoms with van der Waals surface area (Å²) in [6.07, 6.45) is 3.67. The standard InChI is InChI=1S/C14H15N5O2/c1-3-18(10-11-8-16-17(2)9-11)14-5-4-13(19(20)21)6-12(14)7-15/h4-6,8-9H,3,10H2,1-2H3. The summed E-state index contributed by atoms with van der Waals surface area (Å²) in [6.45, 7) is 3.25. The maximum atomic E-state index is 10.8. The molecule has 7 heteroatoms. The quantitative estimate of drug-likeness (QED) is 0.621. The van der Waals surface area contributed by atoms with Crippen molar-refractivity contribution in [3.05, 3.63) is 51.8 Å². The van der Waals surface area contributed by atoms with Gasteiger partial charge >= 0.3 is 0 Å². The molecule has 0 atom stereocenters. The number of aryl methyl sites for hydroxylation is 1. The van der Waals surface area contributed by atoms with Crippen LogP contribution in [0.2, 0.25) is 0 Å². The summed E-state index contributed by atoms with van der Waals surface area (Å²) >= 11 is 0. The molecule has 0 spiro atoms. The van der Waals surface area contributed by atoms with E-state index >= 15 is 0 Å². The van der Waals surface area contributed by atoms with Crippen LogP contribution in [-0.2, 0) is 13.6 Å². The maximum Gasteiger partial charge on any atom is 0.270 e. The van der Waals surface area contributed by atoms with Crippen LogP contribution in [0.15, 0.2) is 30.6 Å². The molecule has 1 aromatic heterocycles. The summed E-state index contributed by atoms with van der Waals surface area (Å²) in [5.74, 6) is 0. The second-order valence-corrected chi connectivity index (χ2v) is 4.61. The molecule has 0 amide bonds. The summed E-state index contributed by atoms with van der Waals surface area (Å²) in [4.78, 5) is 12.3. The van der Waals surface area contributed by atoms with Crippen molar-refractivity contribution < 1.29 is 4.92 Å². The predicted molar refractivity (Wildman–Crippen MR) is 77.7 cm³/mol. The van der Waals surface area contributed by atoms with Crippen LogP contribution in [0.3, 0.4) is 0 Å². The normalized spacial score (nSPS) is 10.1. The van der Waals surface area contributed by atoms with Gasteiger partial charge < -0.3 is 4.90 Å². The first-order valence-corrected chi connectivity index (χ1v) is 6.46. The van der Waals surface area contributed by atoms with Crippen LogP contribution >= 0.6 is 0 Å². The third kappa shape index (κ3) is 3.17. The molecule has 0 aliphatic carbocycles. The number of hydrogen-bond donors (Lipinski definition) is 0. The molecule has 0 unspecified atom stereocenters. The minimum Gasteiger partial charge on any atom is -0.366 e. The Labute approximate surface area is 122 Å². The summed E-state index contributed by atoms with van der Waals surface area (Å²) in [6, 6.07) is 6.38. The molecule has 0 fully saturated rings. The van der Waals surface area contributed by atoms with Crippen molar-refractivity contribution in [1.82, 2.24) is 9.78 Å². The number of rotatable bonds is 5. The molecule has 1 aromatic carbocycles. The van der Waals surface area contributed by atoms with Gasteiger partial charge in [0.2, 0.25) is 0 Å². The number of nitriles is 1. The number of benzene rings is 1. The van der Waals surface area contributed by atoms with Gasteiger partial charge in [-0.15, -0.1) is 0 Å². The number of hydrogen-bond acceptors (Lipinski definition) is 5. The van der Waals surface area contributed by atoms with Crippen LogP contribution in [0, 0.1) is 21.4 Å². The van der Waals surface area contributed by atoms with Crippen molar-refractivity contribution in [2.45, 2.75) is 13.5 Å². The van der Waals surface area contributed by atoms with Crippen molar-refractivity contribution in [3.63, 3.8) is 0 Å². The van der Waals surface area contributed by atoms with Gasteiger partial charge in [-0.1, -0.05) is 0 Å². The van der Waals surface area contributed by atoms with Gasteiger partial charge in [-0.25, -0.2) is 0 Å². The van der Waals surface area contributed by atoms with E-state index in [4.69, 9.17) is 0 Å². The van der Waals surface area contributed by atoms with Crippen molar-refractivity contribution in [3.8, 4) is 6.07 Å². The van der Waals surface area contributed by atoms with E-state index in [1.54, 1.807) is 16.9 Å². The smallest absolute Gasteiger partial charge is 0.270 e. The summed E-state index contributed by atoms with van der Waals surface area (Å²) in [5.41, 5.74) is 1.93. The van der Waals surface area contributed by atoms with Crippen molar-refractivity contribution in [2.75, 3.05) is 11.4 Å². The summed E-state index contributed by atoms with van der Waals surface area (Å²) in [7, 11) is 1.84. The first-order chi connectivity index (χ1) is 10.0. The van der Waals surface area contributed by atoms with Crippen LogP contribution < -0.4 is 4.90 Å². The van der Waals surface area contributed by atoms with E-state index in [2.05, 4.69) is 5.10 Å². The zero-order valence-corrected chi connectivity index (χ0v) is 11.9. The number of nitrogens with zero attached hydrogens (tertiary/aromatic N) is 5. The number of nitro groups is 1. The minimum atomic E-state index is -0.498. The third-order valence-corrected chi connectivity index (χ3v) is 3.17. The highest BCUT2D eigenvalue weighted by atomic mass is 16.6. The highest BCUT2D eigenvalue weighted by Gasteiger charge is 2.15. The molecule has 0 bridgehead atoms. The lowest BCUT2D eigenvalue weighted by Crippen LogP contribution is -2.22. The van der Waals surface area contributed by atoms with Gasteiger partial charge in [-0.3, -0.25) is 14.8 Å². The molecule has 1 heterocycles. The largest absolute Gasteiger partial charge is 0.366 e. The Morgan fingerprint density at radius 3 is 2.81 bits per heavy atom. The van der Waals surface area contributed by atoms with Gasteiger partial charge in [0.1, 0.15) is 6.07 Å². The molecular weight excluding hydrogens is 270 g/mol. The van der Waals surface area contributed by atoms with Gasteiger partial charge in [-0.2, -0.15) is 10.4 Å². The van der Waals surface area contributed by atoms with Gasteiger partial charge in [0.15, 0.2) is 0 Å². The predicted octanol–water partition coefficient (Wildman–Crippen LogP) is 2.23. The van der Waals surface area contributed by atoms with E-state index < -0.39 is 4.92 Å². The number of non-ortho nitro benzene ring substituents is 1. The maximum absolute atomic E-state index is 10.8. The minimum absolute atomic E-state index is 0.0762. The Morgan fingerprint density at radius 2 is 2.29 bits per heavy atom. The first-order valence-electron chi connectivity index (χ1n) is 6.46. The molecule has 108 valence electrons. The van der Waals surface area contributed by atoms with Crippen LogP contribution in [0.1, 0.15) is 18.1 Å².